The van der Waals surface area contributed by atoms with Gasteiger partial charge in [-0.3, -0.25) is 4.68 Å². The maximum Gasteiger partial charge on any atom is 0.337 e. The molecule has 0 saturated carbocycles. The fourth-order valence-electron chi connectivity index (χ4n) is 5.53. The molecule has 2 aliphatic heterocycles. The van der Waals surface area contributed by atoms with Crippen molar-refractivity contribution in [1.82, 2.24) is 19.3 Å². The average Bonchev–Trinajstić information content (AvgIpc) is 3.65. The van der Waals surface area contributed by atoms with E-state index >= 15 is 0 Å². The maximum absolute atomic E-state index is 14.7. The Balaban J connectivity index is 1.45. The van der Waals surface area contributed by atoms with E-state index in [9.17, 15) is 18.0 Å². The molecule has 8 nitrogen and oxygen atoms in total. The van der Waals surface area contributed by atoms with Crippen molar-refractivity contribution in [2.45, 2.75) is 38.5 Å². The van der Waals surface area contributed by atoms with E-state index in [1.165, 1.54) is 23.3 Å². The molecule has 1 fully saturated rings. The Hall–Kier alpha value is -3.57. The van der Waals surface area contributed by atoms with Gasteiger partial charge in [0.05, 0.1) is 49.0 Å². The van der Waals surface area contributed by atoms with Crippen LogP contribution in [0.4, 0.5) is 18.9 Å². The number of esters is 1. The number of aromatic nitrogens is 4. The van der Waals surface area contributed by atoms with Crippen LogP contribution in [-0.2, 0) is 27.2 Å². The van der Waals surface area contributed by atoms with Gasteiger partial charge in [-0.25, -0.2) is 22.9 Å². The molecule has 0 bridgehead atoms. The van der Waals surface area contributed by atoms with Crippen molar-refractivity contribution in [2.24, 2.45) is 0 Å². The first-order valence-corrected chi connectivity index (χ1v) is 13.5. The predicted octanol–water partition coefficient (Wildman–Crippen LogP) is 5.37. The molecule has 40 heavy (non-hydrogen) atoms. The molecule has 1 unspecified atom stereocenters. The predicted molar refractivity (Wildman–Crippen MR) is 144 cm³/mol. The number of carbonyl (C=O) groups excluding carboxylic acids is 1. The zero-order valence-electron chi connectivity index (χ0n) is 21.7. The lowest BCUT2D eigenvalue weighted by molar-refractivity contribution is -0.146. The van der Waals surface area contributed by atoms with E-state index in [0.29, 0.717) is 24.5 Å². The summed E-state index contributed by atoms with van der Waals surface area (Å²) in [5, 5.41) is 4.93. The number of halogens is 4. The highest BCUT2D eigenvalue weighted by atomic mass is 35.5. The summed E-state index contributed by atoms with van der Waals surface area (Å²) in [5.74, 6) is -0.673. The third-order valence-electron chi connectivity index (χ3n) is 7.40. The van der Waals surface area contributed by atoms with Crippen molar-refractivity contribution in [3.63, 3.8) is 0 Å². The van der Waals surface area contributed by atoms with Crippen LogP contribution in [0.1, 0.15) is 36.3 Å². The van der Waals surface area contributed by atoms with Gasteiger partial charge in [0.15, 0.2) is 6.04 Å². The molecule has 0 aliphatic carbocycles. The molecule has 0 radical (unpaired) electrons. The van der Waals surface area contributed by atoms with E-state index in [1.807, 2.05) is 12.1 Å². The van der Waals surface area contributed by atoms with Crippen LogP contribution in [0.3, 0.4) is 0 Å². The number of fused-ring (bicyclic) bond motifs is 2. The van der Waals surface area contributed by atoms with E-state index in [1.54, 1.807) is 23.6 Å². The molecular weight excluding hydrogens is 547 g/mol. The van der Waals surface area contributed by atoms with E-state index in [-0.39, 0.29) is 52.3 Å². The zero-order valence-corrected chi connectivity index (χ0v) is 22.5. The molecular formula is C28H27ClF3N5O3. The molecule has 0 N–H and O–H groups in total. The number of carbonyl (C=O) groups is 1. The fraction of sp³-hybridized carbons (Fsp3) is 0.393. The first-order chi connectivity index (χ1) is 19.4. The highest BCUT2D eigenvalue weighted by molar-refractivity contribution is 6.36. The third kappa shape index (κ3) is 4.71. The normalized spacial score (nSPS) is 17.9. The number of benzene rings is 2. The largest absolute Gasteiger partial charge is 0.464 e. The molecule has 2 atom stereocenters. The van der Waals surface area contributed by atoms with Gasteiger partial charge in [0.2, 0.25) is 0 Å². The number of ether oxygens (including phenoxy) is 2. The Morgan fingerprint density at radius 2 is 1.98 bits per heavy atom. The molecule has 4 heterocycles. The molecule has 2 aromatic heterocycles. The van der Waals surface area contributed by atoms with Crippen LogP contribution < -0.4 is 4.90 Å². The minimum atomic E-state index is -2.87. The maximum atomic E-state index is 14.7. The van der Waals surface area contributed by atoms with Crippen molar-refractivity contribution in [3.8, 4) is 11.1 Å². The Bertz CT molecular complexity index is 1550. The Kier molecular flexibility index (Phi) is 7.18. The number of anilines is 1. The molecule has 6 rings (SSSR count). The summed E-state index contributed by atoms with van der Waals surface area (Å²) in [6.07, 6.45) is -0.977. The summed E-state index contributed by atoms with van der Waals surface area (Å²) in [6.45, 7) is 4.66. The second kappa shape index (κ2) is 10.8. The van der Waals surface area contributed by atoms with Crippen LogP contribution in [-0.4, -0.2) is 64.4 Å². The summed E-state index contributed by atoms with van der Waals surface area (Å²) in [4.78, 5) is 19.7. The van der Waals surface area contributed by atoms with Crippen LogP contribution in [0, 0.1) is 0 Å². The van der Waals surface area contributed by atoms with Gasteiger partial charge in [0.1, 0.15) is 11.7 Å². The number of hydrogen-bond acceptors (Lipinski definition) is 6. The monoisotopic (exact) mass is 573 g/mol. The Morgan fingerprint density at radius 1 is 1.23 bits per heavy atom. The highest BCUT2D eigenvalue weighted by Gasteiger charge is 2.35. The summed E-state index contributed by atoms with van der Waals surface area (Å²) < 4.78 is 57.1. The quantitative estimate of drug-likeness (QED) is 0.277. The second-order valence-corrected chi connectivity index (χ2v) is 10.2. The van der Waals surface area contributed by atoms with Gasteiger partial charge in [-0.1, -0.05) is 23.7 Å². The Labute approximate surface area is 233 Å². The summed E-state index contributed by atoms with van der Waals surface area (Å²) in [7, 11) is 0. The topological polar surface area (TPSA) is 74.4 Å². The van der Waals surface area contributed by atoms with Crippen molar-refractivity contribution < 1.29 is 27.4 Å². The van der Waals surface area contributed by atoms with Crippen molar-refractivity contribution >= 4 is 34.2 Å². The number of alkyl halides is 3. The van der Waals surface area contributed by atoms with E-state index in [4.69, 9.17) is 21.1 Å². The highest BCUT2D eigenvalue weighted by Crippen LogP contribution is 2.41. The molecule has 2 aliphatic rings. The smallest absolute Gasteiger partial charge is 0.337 e. The Morgan fingerprint density at radius 3 is 2.67 bits per heavy atom. The fourth-order valence-corrected chi connectivity index (χ4v) is 5.77. The number of rotatable bonds is 7. The van der Waals surface area contributed by atoms with E-state index < -0.39 is 24.6 Å². The van der Waals surface area contributed by atoms with Crippen LogP contribution in [0.2, 0.25) is 5.02 Å². The van der Waals surface area contributed by atoms with Gasteiger partial charge in [-0.2, -0.15) is 5.10 Å². The number of imidazole rings is 1. The average molecular weight is 574 g/mol. The van der Waals surface area contributed by atoms with E-state index in [2.05, 4.69) is 15.0 Å². The lowest BCUT2D eigenvalue weighted by Crippen LogP contribution is -2.36. The van der Waals surface area contributed by atoms with Crippen LogP contribution >= 0.6 is 11.6 Å². The zero-order chi connectivity index (χ0) is 28.0. The second-order valence-electron chi connectivity index (χ2n) is 9.82. The summed E-state index contributed by atoms with van der Waals surface area (Å²) in [5.41, 5.74) is 2.30. The van der Waals surface area contributed by atoms with Crippen LogP contribution in [0.15, 0.2) is 42.9 Å². The van der Waals surface area contributed by atoms with Gasteiger partial charge >= 0.3 is 5.97 Å². The summed E-state index contributed by atoms with van der Waals surface area (Å²) in [6, 6.07) is 7.67. The number of morpholine rings is 1. The minimum absolute atomic E-state index is 0.0247. The molecule has 0 amide bonds. The van der Waals surface area contributed by atoms with Gasteiger partial charge in [-0.15, -0.1) is 0 Å². The first kappa shape index (κ1) is 26.6. The van der Waals surface area contributed by atoms with E-state index in [0.717, 1.165) is 18.8 Å². The molecule has 4 aromatic rings. The van der Waals surface area contributed by atoms with Gasteiger partial charge in [-0.05, 0) is 36.2 Å². The van der Waals surface area contributed by atoms with Gasteiger partial charge < -0.3 is 18.9 Å². The first-order valence-electron chi connectivity index (χ1n) is 13.1. The standard InChI is InChI=1S/C28H27ClF3N5O3/c1-2-40-28(38)26(25-22-11-17(30)13-36(22)15-33-25)37-14-20-21(29)12-19(23(27(31)32)24(20)34-37)16-3-5-18(6-4-16)35-7-9-39-10-8-35/h3-6,12,14-15,17,26-27H,2,7-11,13H2,1H3/t17-,26?/m1/s1. The minimum Gasteiger partial charge on any atom is -0.464 e. The van der Waals surface area contributed by atoms with Crippen LogP contribution in [0.25, 0.3) is 22.0 Å². The lowest BCUT2D eigenvalue weighted by atomic mass is 9.97. The molecule has 0 spiro atoms. The van der Waals surface area contributed by atoms with Crippen molar-refractivity contribution in [2.75, 3.05) is 37.8 Å². The summed E-state index contributed by atoms with van der Waals surface area (Å²) >= 11 is 6.63. The molecule has 1 saturated heterocycles. The molecule has 210 valence electrons. The SMILES string of the molecule is CCOC(=O)C(c1ncn2c1C[C@@H](F)C2)n1cc2c(Cl)cc(-c3ccc(N4CCOCC4)cc3)c(C(F)F)c2n1. The van der Waals surface area contributed by atoms with Crippen LogP contribution in [0.5, 0.6) is 0 Å². The van der Waals surface area contributed by atoms with Crippen molar-refractivity contribution in [1.29, 1.82) is 0 Å². The number of hydrogen-bond donors (Lipinski definition) is 0. The van der Waals surface area contributed by atoms with Gasteiger partial charge in [0.25, 0.3) is 6.43 Å². The third-order valence-corrected chi connectivity index (χ3v) is 7.71. The number of nitrogens with zero attached hydrogens (tertiary/aromatic N) is 5. The lowest BCUT2D eigenvalue weighted by Gasteiger charge is -2.29. The molecule has 2 aromatic carbocycles. The van der Waals surface area contributed by atoms with Crippen molar-refractivity contribution in [3.05, 3.63) is 64.8 Å². The van der Waals surface area contributed by atoms with Gasteiger partial charge in [0, 0.05) is 42.5 Å². The molecule has 12 heteroatoms.